The number of hydrogen-bond donors (Lipinski definition) is 1. The SMILES string of the molecule is COc1ccc([N+](=O)[O-])c(N2CCCC(C)C2CN)c1. The highest BCUT2D eigenvalue weighted by Crippen LogP contribution is 2.36. The third-order valence-corrected chi connectivity index (χ3v) is 4.05. The van der Waals surface area contributed by atoms with E-state index in [0.29, 0.717) is 23.9 Å². The number of hydrogen-bond acceptors (Lipinski definition) is 5. The Kier molecular flexibility index (Phi) is 4.44. The summed E-state index contributed by atoms with van der Waals surface area (Å²) in [6.45, 7) is 3.44. The van der Waals surface area contributed by atoms with Crippen LogP contribution in [-0.2, 0) is 0 Å². The smallest absolute Gasteiger partial charge is 0.292 e. The molecule has 0 saturated carbocycles. The lowest BCUT2D eigenvalue weighted by Gasteiger charge is -2.40. The van der Waals surface area contributed by atoms with Crippen LogP contribution in [0.4, 0.5) is 11.4 Å². The Hall–Kier alpha value is -1.82. The molecule has 1 heterocycles. The van der Waals surface area contributed by atoms with Crippen LogP contribution in [-0.4, -0.2) is 31.2 Å². The van der Waals surface area contributed by atoms with Crippen molar-refractivity contribution in [1.82, 2.24) is 0 Å². The molecule has 0 aromatic heterocycles. The van der Waals surface area contributed by atoms with Crippen LogP contribution in [0.15, 0.2) is 18.2 Å². The summed E-state index contributed by atoms with van der Waals surface area (Å²) in [5, 5.41) is 11.2. The molecule has 1 saturated heterocycles. The van der Waals surface area contributed by atoms with Crippen molar-refractivity contribution >= 4 is 11.4 Å². The van der Waals surface area contributed by atoms with Gasteiger partial charge in [-0.25, -0.2) is 0 Å². The number of nitro benzene ring substituents is 1. The number of nitro groups is 1. The van der Waals surface area contributed by atoms with E-state index in [0.717, 1.165) is 19.4 Å². The van der Waals surface area contributed by atoms with Crippen molar-refractivity contribution < 1.29 is 9.66 Å². The summed E-state index contributed by atoms with van der Waals surface area (Å²) in [5.74, 6) is 1.05. The fourth-order valence-electron chi connectivity index (χ4n) is 2.92. The molecule has 1 aliphatic heterocycles. The average Bonchev–Trinajstić information content (AvgIpc) is 2.46. The van der Waals surface area contributed by atoms with E-state index in [1.165, 1.54) is 6.07 Å². The zero-order valence-corrected chi connectivity index (χ0v) is 11.9. The maximum Gasteiger partial charge on any atom is 0.292 e. The minimum Gasteiger partial charge on any atom is -0.497 e. The molecule has 2 rings (SSSR count). The summed E-state index contributed by atoms with van der Waals surface area (Å²) in [7, 11) is 1.56. The second-order valence-corrected chi connectivity index (χ2v) is 5.23. The number of anilines is 1. The van der Waals surface area contributed by atoms with Gasteiger partial charge < -0.3 is 15.4 Å². The van der Waals surface area contributed by atoms with Crippen molar-refractivity contribution in [3.05, 3.63) is 28.3 Å². The molecular formula is C14H21N3O3. The van der Waals surface area contributed by atoms with E-state index in [1.807, 2.05) is 0 Å². The van der Waals surface area contributed by atoms with Crippen molar-refractivity contribution in [2.24, 2.45) is 11.7 Å². The van der Waals surface area contributed by atoms with Crippen molar-refractivity contribution in [2.75, 3.05) is 25.1 Å². The molecule has 0 bridgehead atoms. The number of benzene rings is 1. The zero-order valence-electron chi connectivity index (χ0n) is 11.9. The third kappa shape index (κ3) is 2.70. The van der Waals surface area contributed by atoms with E-state index in [2.05, 4.69) is 11.8 Å². The molecule has 1 aromatic rings. The first-order valence-electron chi connectivity index (χ1n) is 6.87. The Bertz CT molecular complexity index is 493. The minimum atomic E-state index is -0.346. The van der Waals surface area contributed by atoms with Gasteiger partial charge in [-0.15, -0.1) is 0 Å². The first-order valence-corrected chi connectivity index (χ1v) is 6.87. The maximum absolute atomic E-state index is 11.2. The highest BCUT2D eigenvalue weighted by Gasteiger charge is 2.31. The van der Waals surface area contributed by atoms with E-state index >= 15 is 0 Å². The van der Waals surface area contributed by atoms with Crippen LogP contribution in [0.5, 0.6) is 5.75 Å². The van der Waals surface area contributed by atoms with E-state index in [1.54, 1.807) is 19.2 Å². The van der Waals surface area contributed by atoms with Gasteiger partial charge in [0.25, 0.3) is 5.69 Å². The molecule has 0 amide bonds. The first-order chi connectivity index (χ1) is 9.58. The standard InChI is InChI=1S/C14H21N3O3/c1-10-4-3-7-16(14(10)9-15)13-8-11(20-2)5-6-12(13)17(18)19/h5-6,8,10,14H,3-4,7,9,15H2,1-2H3. The van der Waals surface area contributed by atoms with Crippen LogP contribution in [0, 0.1) is 16.0 Å². The predicted octanol–water partition coefficient (Wildman–Crippen LogP) is 2.17. The predicted molar refractivity (Wildman–Crippen MR) is 78.2 cm³/mol. The molecule has 6 heteroatoms. The Morgan fingerprint density at radius 2 is 2.30 bits per heavy atom. The summed E-state index contributed by atoms with van der Waals surface area (Å²) in [6.07, 6.45) is 2.13. The molecule has 0 aliphatic carbocycles. The van der Waals surface area contributed by atoms with E-state index < -0.39 is 0 Å². The third-order valence-electron chi connectivity index (χ3n) is 4.05. The van der Waals surface area contributed by atoms with Gasteiger partial charge in [0, 0.05) is 31.3 Å². The molecule has 110 valence electrons. The summed E-state index contributed by atoms with van der Waals surface area (Å²) in [6, 6.07) is 4.99. The Labute approximate surface area is 118 Å². The van der Waals surface area contributed by atoms with Gasteiger partial charge in [0.2, 0.25) is 0 Å². The van der Waals surface area contributed by atoms with E-state index in [4.69, 9.17) is 10.5 Å². The molecule has 2 unspecified atom stereocenters. The van der Waals surface area contributed by atoms with Gasteiger partial charge in [0.15, 0.2) is 0 Å². The first kappa shape index (κ1) is 14.6. The van der Waals surface area contributed by atoms with E-state index in [-0.39, 0.29) is 16.7 Å². The number of ether oxygens (including phenoxy) is 1. The highest BCUT2D eigenvalue weighted by atomic mass is 16.6. The second-order valence-electron chi connectivity index (χ2n) is 5.23. The number of rotatable bonds is 4. The molecule has 6 nitrogen and oxygen atoms in total. The topological polar surface area (TPSA) is 81.6 Å². The van der Waals surface area contributed by atoms with Gasteiger partial charge in [-0.1, -0.05) is 6.92 Å². The van der Waals surface area contributed by atoms with Gasteiger partial charge in [-0.05, 0) is 24.8 Å². The molecule has 1 aliphatic rings. The average molecular weight is 279 g/mol. The van der Waals surface area contributed by atoms with Crippen LogP contribution >= 0.6 is 0 Å². The molecule has 0 radical (unpaired) electrons. The van der Waals surface area contributed by atoms with Crippen molar-refractivity contribution in [3.63, 3.8) is 0 Å². The summed E-state index contributed by atoms with van der Waals surface area (Å²) in [4.78, 5) is 13.0. The summed E-state index contributed by atoms with van der Waals surface area (Å²) < 4.78 is 5.20. The monoisotopic (exact) mass is 279 g/mol. The van der Waals surface area contributed by atoms with Gasteiger partial charge in [-0.2, -0.15) is 0 Å². The quantitative estimate of drug-likeness (QED) is 0.674. The van der Waals surface area contributed by atoms with Gasteiger partial charge in [0.1, 0.15) is 11.4 Å². The normalized spacial score (nSPS) is 22.6. The number of nitrogens with two attached hydrogens (primary N) is 1. The lowest BCUT2D eigenvalue weighted by molar-refractivity contribution is -0.384. The molecule has 1 aromatic carbocycles. The van der Waals surface area contributed by atoms with Crippen LogP contribution in [0.1, 0.15) is 19.8 Å². The van der Waals surface area contributed by atoms with Crippen molar-refractivity contribution in [1.29, 1.82) is 0 Å². The Balaban J connectivity index is 2.45. The fourth-order valence-corrected chi connectivity index (χ4v) is 2.92. The number of piperidine rings is 1. The lowest BCUT2D eigenvalue weighted by atomic mass is 9.90. The van der Waals surface area contributed by atoms with Crippen LogP contribution in [0.3, 0.4) is 0 Å². The molecule has 1 fully saturated rings. The summed E-state index contributed by atoms with van der Waals surface area (Å²) >= 11 is 0. The molecule has 0 spiro atoms. The number of methoxy groups -OCH3 is 1. The second kappa shape index (κ2) is 6.09. The van der Waals surface area contributed by atoms with Crippen LogP contribution < -0.4 is 15.4 Å². The molecule has 2 N–H and O–H groups in total. The Morgan fingerprint density at radius 1 is 1.55 bits per heavy atom. The number of nitrogens with zero attached hydrogens (tertiary/aromatic N) is 2. The fraction of sp³-hybridized carbons (Fsp3) is 0.571. The summed E-state index contributed by atoms with van der Waals surface area (Å²) in [5.41, 5.74) is 6.59. The van der Waals surface area contributed by atoms with Gasteiger partial charge in [0.05, 0.1) is 12.0 Å². The minimum absolute atomic E-state index is 0.110. The molecular weight excluding hydrogens is 258 g/mol. The molecule has 2 atom stereocenters. The van der Waals surface area contributed by atoms with Crippen LogP contribution in [0.2, 0.25) is 0 Å². The maximum atomic E-state index is 11.2. The van der Waals surface area contributed by atoms with Crippen molar-refractivity contribution in [2.45, 2.75) is 25.8 Å². The Morgan fingerprint density at radius 3 is 2.90 bits per heavy atom. The lowest BCUT2D eigenvalue weighted by Crippen LogP contribution is -2.49. The zero-order chi connectivity index (χ0) is 14.7. The van der Waals surface area contributed by atoms with Gasteiger partial charge in [-0.3, -0.25) is 10.1 Å². The largest absolute Gasteiger partial charge is 0.497 e. The molecule has 20 heavy (non-hydrogen) atoms. The van der Waals surface area contributed by atoms with Crippen molar-refractivity contribution in [3.8, 4) is 5.75 Å². The van der Waals surface area contributed by atoms with Crippen LogP contribution in [0.25, 0.3) is 0 Å². The van der Waals surface area contributed by atoms with E-state index in [9.17, 15) is 10.1 Å². The van der Waals surface area contributed by atoms with Gasteiger partial charge >= 0.3 is 0 Å². The highest BCUT2D eigenvalue weighted by molar-refractivity contribution is 5.66.